The van der Waals surface area contributed by atoms with Crippen LogP contribution in [0.1, 0.15) is 16.9 Å². The van der Waals surface area contributed by atoms with Crippen molar-refractivity contribution in [2.24, 2.45) is 0 Å². The van der Waals surface area contributed by atoms with E-state index in [-0.39, 0.29) is 5.69 Å². The molecule has 102 valence electrons. The van der Waals surface area contributed by atoms with Crippen molar-refractivity contribution in [3.05, 3.63) is 11.1 Å². The fraction of sp³-hybridized carbons (Fsp3) is 0.636. The molecule has 0 aliphatic rings. The molecule has 1 rings (SSSR count). The van der Waals surface area contributed by atoms with E-state index in [4.69, 9.17) is 14.6 Å². The van der Waals surface area contributed by atoms with Crippen molar-refractivity contribution < 1.29 is 19.4 Å². The van der Waals surface area contributed by atoms with Gasteiger partial charge in [0.25, 0.3) is 0 Å². The number of carboxylic acid groups (broad SMARTS) is 1. The van der Waals surface area contributed by atoms with Crippen molar-refractivity contribution in [3.63, 3.8) is 0 Å². The SMILES string of the molecule is COCCCN(CCOC)c1nc(C(=O)O)cs1. The summed E-state index contributed by atoms with van der Waals surface area (Å²) in [5.74, 6) is -0.999. The highest BCUT2D eigenvalue weighted by molar-refractivity contribution is 7.13. The number of hydrogen-bond donors (Lipinski definition) is 1. The molecule has 6 nitrogen and oxygen atoms in total. The van der Waals surface area contributed by atoms with Gasteiger partial charge in [-0.25, -0.2) is 9.78 Å². The second kappa shape index (κ2) is 8.02. The van der Waals surface area contributed by atoms with E-state index in [0.717, 1.165) is 13.0 Å². The average molecular weight is 274 g/mol. The number of thiazole rings is 1. The highest BCUT2D eigenvalue weighted by Crippen LogP contribution is 2.20. The molecule has 1 heterocycles. The van der Waals surface area contributed by atoms with Gasteiger partial charge < -0.3 is 19.5 Å². The lowest BCUT2D eigenvalue weighted by Crippen LogP contribution is -2.29. The first-order chi connectivity index (χ1) is 8.69. The summed E-state index contributed by atoms with van der Waals surface area (Å²) < 4.78 is 10.0. The van der Waals surface area contributed by atoms with Crippen LogP contribution in [0.15, 0.2) is 5.38 Å². The van der Waals surface area contributed by atoms with Crippen LogP contribution in [0.4, 0.5) is 5.13 Å². The topological polar surface area (TPSA) is 71.9 Å². The van der Waals surface area contributed by atoms with Gasteiger partial charge >= 0.3 is 5.97 Å². The number of ether oxygens (including phenoxy) is 2. The predicted molar refractivity (Wildman–Crippen MR) is 69.7 cm³/mol. The second-order valence-electron chi connectivity index (χ2n) is 3.65. The Hall–Kier alpha value is -1.18. The zero-order valence-corrected chi connectivity index (χ0v) is 11.4. The molecule has 0 atom stereocenters. The van der Waals surface area contributed by atoms with Crippen molar-refractivity contribution in [2.75, 3.05) is 45.4 Å². The van der Waals surface area contributed by atoms with Gasteiger partial charge in [0.2, 0.25) is 0 Å². The van der Waals surface area contributed by atoms with Gasteiger partial charge in [-0.3, -0.25) is 0 Å². The molecule has 7 heteroatoms. The van der Waals surface area contributed by atoms with Crippen LogP contribution < -0.4 is 4.90 Å². The van der Waals surface area contributed by atoms with E-state index >= 15 is 0 Å². The minimum absolute atomic E-state index is 0.0872. The Bertz CT molecular complexity index is 370. The Labute approximate surface area is 110 Å². The maximum Gasteiger partial charge on any atom is 0.355 e. The molecule has 0 unspecified atom stereocenters. The van der Waals surface area contributed by atoms with Gasteiger partial charge in [0, 0.05) is 39.3 Å². The van der Waals surface area contributed by atoms with Crippen LogP contribution in [-0.2, 0) is 9.47 Å². The van der Waals surface area contributed by atoms with Crippen LogP contribution >= 0.6 is 11.3 Å². The smallest absolute Gasteiger partial charge is 0.355 e. The van der Waals surface area contributed by atoms with E-state index in [2.05, 4.69) is 4.98 Å². The van der Waals surface area contributed by atoms with Gasteiger partial charge in [-0.1, -0.05) is 0 Å². The molecule has 0 aromatic carbocycles. The van der Waals surface area contributed by atoms with Crippen LogP contribution in [-0.4, -0.2) is 56.6 Å². The predicted octanol–water partition coefficient (Wildman–Crippen LogP) is 1.33. The molecule has 0 aliphatic heterocycles. The molecule has 1 aromatic rings. The molecule has 0 saturated carbocycles. The zero-order chi connectivity index (χ0) is 13.4. The molecule has 1 aromatic heterocycles. The van der Waals surface area contributed by atoms with Crippen LogP contribution in [0.5, 0.6) is 0 Å². The Morgan fingerprint density at radius 2 is 2.11 bits per heavy atom. The van der Waals surface area contributed by atoms with Gasteiger partial charge in [0.05, 0.1) is 6.61 Å². The standard InChI is InChI=1S/C11H18N2O4S/c1-16-6-3-4-13(5-7-17-2)11-12-9(8-18-11)10(14)15/h8H,3-7H2,1-2H3,(H,14,15). The van der Waals surface area contributed by atoms with Crippen molar-refractivity contribution >= 4 is 22.4 Å². The Kier molecular flexibility index (Phi) is 6.63. The first-order valence-electron chi connectivity index (χ1n) is 5.60. The third kappa shape index (κ3) is 4.59. The van der Waals surface area contributed by atoms with Crippen LogP contribution in [0.25, 0.3) is 0 Å². The largest absolute Gasteiger partial charge is 0.476 e. The quantitative estimate of drug-likeness (QED) is 0.685. The summed E-state index contributed by atoms with van der Waals surface area (Å²) in [7, 11) is 3.29. The number of carbonyl (C=O) groups is 1. The summed E-state index contributed by atoms with van der Waals surface area (Å²) >= 11 is 1.33. The number of anilines is 1. The minimum atomic E-state index is -0.999. The lowest BCUT2D eigenvalue weighted by atomic mass is 10.4. The summed E-state index contributed by atoms with van der Waals surface area (Å²) in [6.45, 7) is 2.70. The normalized spacial score (nSPS) is 10.6. The zero-order valence-electron chi connectivity index (χ0n) is 10.6. The van der Waals surface area contributed by atoms with E-state index in [9.17, 15) is 4.79 Å². The molecule has 0 saturated heterocycles. The lowest BCUT2D eigenvalue weighted by molar-refractivity contribution is 0.0691. The molecule has 0 radical (unpaired) electrons. The molecule has 0 amide bonds. The number of aromatic carboxylic acids is 1. The van der Waals surface area contributed by atoms with E-state index in [0.29, 0.717) is 24.9 Å². The minimum Gasteiger partial charge on any atom is -0.476 e. The Morgan fingerprint density at radius 1 is 1.39 bits per heavy atom. The molecule has 0 fully saturated rings. The lowest BCUT2D eigenvalue weighted by Gasteiger charge is -2.21. The summed E-state index contributed by atoms with van der Waals surface area (Å²) in [5, 5.41) is 11.1. The number of hydrogen-bond acceptors (Lipinski definition) is 6. The van der Waals surface area contributed by atoms with E-state index in [1.54, 1.807) is 19.6 Å². The number of nitrogens with zero attached hydrogens (tertiary/aromatic N) is 2. The Balaban J connectivity index is 2.63. The molecule has 0 spiro atoms. The van der Waals surface area contributed by atoms with E-state index in [1.807, 2.05) is 4.90 Å². The van der Waals surface area contributed by atoms with Crippen molar-refractivity contribution in [1.82, 2.24) is 4.98 Å². The summed E-state index contributed by atoms with van der Waals surface area (Å²) in [5.41, 5.74) is 0.0872. The fourth-order valence-corrected chi connectivity index (χ4v) is 2.27. The molecular formula is C11H18N2O4S. The highest BCUT2D eigenvalue weighted by Gasteiger charge is 2.14. The maximum atomic E-state index is 10.8. The third-order valence-corrected chi connectivity index (χ3v) is 3.22. The number of aromatic nitrogens is 1. The van der Waals surface area contributed by atoms with E-state index < -0.39 is 5.97 Å². The van der Waals surface area contributed by atoms with Crippen molar-refractivity contribution in [2.45, 2.75) is 6.42 Å². The van der Waals surface area contributed by atoms with Gasteiger partial charge in [-0.15, -0.1) is 11.3 Å². The second-order valence-corrected chi connectivity index (χ2v) is 4.48. The number of rotatable bonds is 9. The average Bonchev–Trinajstić information content (AvgIpc) is 2.83. The molecular weight excluding hydrogens is 256 g/mol. The van der Waals surface area contributed by atoms with Crippen LogP contribution in [0, 0.1) is 0 Å². The van der Waals surface area contributed by atoms with Gasteiger partial charge in [0.1, 0.15) is 0 Å². The number of methoxy groups -OCH3 is 2. The molecule has 18 heavy (non-hydrogen) atoms. The van der Waals surface area contributed by atoms with Crippen LogP contribution in [0.3, 0.4) is 0 Å². The van der Waals surface area contributed by atoms with Gasteiger partial charge in [-0.2, -0.15) is 0 Å². The maximum absolute atomic E-state index is 10.8. The Morgan fingerprint density at radius 3 is 2.67 bits per heavy atom. The summed E-state index contributed by atoms with van der Waals surface area (Å²) in [6.07, 6.45) is 0.863. The van der Waals surface area contributed by atoms with E-state index in [1.165, 1.54) is 11.3 Å². The molecule has 0 aliphatic carbocycles. The molecule has 0 bridgehead atoms. The fourth-order valence-electron chi connectivity index (χ4n) is 1.41. The van der Waals surface area contributed by atoms with Crippen molar-refractivity contribution in [1.29, 1.82) is 0 Å². The van der Waals surface area contributed by atoms with Crippen molar-refractivity contribution in [3.8, 4) is 0 Å². The van der Waals surface area contributed by atoms with Crippen LogP contribution in [0.2, 0.25) is 0 Å². The first kappa shape index (κ1) is 14.9. The monoisotopic (exact) mass is 274 g/mol. The molecule has 1 N–H and O–H groups in total. The first-order valence-corrected chi connectivity index (χ1v) is 6.48. The summed E-state index contributed by atoms with van der Waals surface area (Å²) in [6, 6.07) is 0. The highest BCUT2D eigenvalue weighted by atomic mass is 32.1. The van der Waals surface area contributed by atoms with Gasteiger partial charge in [0.15, 0.2) is 10.8 Å². The van der Waals surface area contributed by atoms with Gasteiger partial charge in [-0.05, 0) is 6.42 Å². The summed E-state index contributed by atoms with van der Waals surface area (Å²) in [4.78, 5) is 16.9. The third-order valence-electron chi connectivity index (χ3n) is 2.32. The number of carboxylic acids is 1.